The van der Waals surface area contributed by atoms with Gasteiger partial charge < -0.3 is 8.37 Å². The molecule has 0 saturated carbocycles. The van der Waals surface area contributed by atoms with Crippen LogP contribution in [0.15, 0.2) is 95.9 Å². The van der Waals surface area contributed by atoms with E-state index in [-0.39, 0.29) is 0 Å². The number of thiol groups is 1. The molecule has 24 heavy (non-hydrogen) atoms. The van der Waals surface area contributed by atoms with E-state index in [1.54, 1.807) is 0 Å². The standard InChI is InChI=1S/C12H10O2S.C6H6S.C2H6/c1-3-7-11(8-4-1)13-15-14-12-9-5-2-6-10-12;7-6-4-2-1-3-5-6;1-2/h1-10H;1-5,7H;1-2H3. The van der Waals surface area contributed by atoms with Gasteiger partial charge in [0.05, 0.1) is 0 Å². The van der Waals surface area contributed by atoms with Crippen molar-refractivity contribution in [3.05, 3.63) is 91.0 Å². The average Bonchev–Trinajstić information content (AvgIpc) is 2.66. The van der Waals surface area contributed by atoms with E-state index in [2.05, 4.69) is 12.6 Å². The van der Waals surface area contributed by atoms with E-state index in [0.717, 1.165) is 28.7 Å². The van der Waals surface area contributed by atoms with Crippen LogP contribution in [0.3, 0.4) is 0 Å². The predicted octanol–water partition coefficient (Wildman–Crippen LogP) is 6.71. The molecule has 0 bridgehead atoms. The maximum atomic E-state index is 5.30. The highest BCUT2D eigenvalue weighted by atomic mass is 32.2. The third kappa shape index (κ3) is 9.18. The molecule has 3 rings (SSSR count). The topological polar surface area (TPSA) is 18.5 Å². The van der Waals surface area contributed by atoms with Crippen molar-refractivity contribution < 1.29 is 8.37 Å². The summed E-state index contributed by atoms with van der Waals surface area (Å²) in [6, 6.07) is 28.8. The molecule has 126 valence electrons. The van der Waals surface area contributed by atoms with Gasteiger partial charge in [-0.25, -0.2) is 0 Å². The van der Waals surface area contributed by atoms with Gasteiger partial charge >= 0.3 is 0 Å². The second-order valence-electron chi connectivity index (χ2n) is 4.20. The summed E-state index contributed by atoms with van der Waals surface area (Å²) in [7, 11) is 0. The second kappa shape index (κ2) is 13.4. The van der Waals surface area contributed by atoms with E-state index in [9.17, 15) is 0 Å². The molecule has 0 saturated heterocycles. The van der Waals surface area contributed by atoms with Crippen molar-refractivity contribution in [2.75, 3.05) is 0 Å². The Hall–Kier alpha value is -2.04. The summed E-state index contributed by atoms with van der Waals surface area (Å²) in [5.41, 5.74) is 0. The van der Waals surface area contributed by atoms with Gasteiger partial charge in [-0.2, -0.15) is 0 Å². The quantitative estimate of drug-likeness (QED) is 0.413. The number of benzene rings is 3. The molecular formula is C20H22O2S2. The van der Waals surface area contributed by atoms with Crippen LogP contribution in [0, 0.1) is 0 Å². The maximum absolute atomic E-state index is 5.30. The van der Waals surface area contributed by atoms with E-state index >= 15 is 0 Å². The Morgan fingerprint density at radius 1 is 0.583 bits per heavy atom. The first-order valence-electron chi connectivity index (χ1n) is 7.70. The Morgan fingerprint density at radius 3 is 1.21 bits per heavy atom. The second-order valence-corrected chi connectivity index (χ2v) is 5.18. The molecule has 0 aliphatic carbocycles. The molecule has 0 fully saturated rings. The molecule has 0 radical (unpaired) electrons. The third-order valence-corrected chi connectivity index (χ3v) is 3.32. The van der Waals surface area contributed by atoms with E-state index in [0.29, 0.717) is 0 Å². The van der Waals surface area contributed by atoms with Crippen molar-refractivity contribution in [3.8, 4) is 11.5 Å². The molecule has 0 amide bonds. The van der Waals surface area contributed by atoms with Gasteiger partial charge in [0, 0.05) is 4.90 Å². The lowest BCUT2D eigenvalue weighted by Gasteiger charge is -2.03. The normalized spacial score (nSPS) is 8.79. The highest BCUT2D eigenvalue weighted by Crippen LogP contribution is 2.19. The van der Waals surface area contributed by atoms with Crippen molar-refractivity contribution in [2.24, 2.45) is 0 Å². The molecule has 0 spiro atoms. The molecule has 0 N–H and O–H groups in total. The van der Waals surface area contributed by atoms with Crippen molar-refractivity contribution in [3.63, 3.8) is 0 Å². The lowest BCUT2D eigenvalue weighted by atomic mass is 10.3. The van der Waals surface area contributed by atoms with Crippen LogP contribution in [0.4, 0.5) is 0 Å². The molecule has 0 aliphatic heterocycles. The van der Waals surface area contributed by atoms with Crippen molar-refractivity contribution in [1.29, 1.82) is 0 Å². The van der Waals surface area contributed by atoms with E-state index < -0.39 is 0 Å². The molecule has 0 aromatic heterocycles. The fraction of sp³-hybridized carbons (Fsp3) is 0.100. The van der Waals surface area contributed by atoms with E-state index in [1.807, 2.05) is 105 Å². The number of para-hydroxylation sites is 2. The average molecular weight is 359 g/mol. The first-order valence-corrected chi connectivity index (χ1v) is 8.81. The summed E-state index contributed by atoms with van der Waals surface area (Å²) < 4.78 is 10.6. The molecular weight excluding hydrogens is 336 g/mol. The highest BCUT2D eigenvalue weighted by molar-refractivity contribution is 7.90. The highest BCUT2D eigenvalue weighted by Gasteiger charge is 1.95. The molecule has 2 nitrogen and oxygen atoms in total. The molecule has 3 aromatic carbocycles. The molecule has 0 unspecified atom stereocenters. The minimum atomic E-state index is 0.776. The number of hydrogen-bond donors (Lipinski definition) is 1. The van der Waals surface area contributed by atoms with Gasteiger partial charge in [0.1, 0.15) is 11.5 Å². The smallest absolute Gasteiger partial charge is 0.293 e. The summed E-state index contributed by atoms with van der Waals surface area (Å²) >= 11 is 5.04. The van der Waals surface area contributed by atoms with Gasteiger partial charge in [0.15, 0.2) is 0 Å². The predicted molar refractivity (Wildman–Crippen MR) is 107 cm³/mol. The van der Waals surface area contributed by atoms with Gasteiger partial charge in [-0.1, -0.05) is 68.4 Å². The minimum Gasteiger partial charge on any atom is -0.391 e. The van der Waals surface area contributed by atoms with Gasteiger partial charge in [0.2, 0.25) is 0 Å². The Kier molecular flexibility index (Phi) is 11.2. The monoisotopic (exact) mass is 358 g/mol. The van der Waals surface area contributed by atoms with Crippen molar-refractivity contribution in [2.45, 2.75) is 18.7 Å². The first kappa shape index (κ1) is 20.0. The number of hydrogen-bond acceptors (Lipinski definition) is 4. The molecule has 0 atom stereocenters. The lowest BCUT2D eigenvalue weighted by Crippen LogP contribution is -1.86. The Labute approximate surface area is 154 Å². The third-order valence-electron chi connectivity index (χ3n) is 2.50. The van der Waals surface area contributed by atoms with Crippen LogP contribution in [0.1, 0.15) is 13.8 Å². The van der Waals surface area contributed by atoms with E-state index in [1.165, 1.54) is 0 Å². The van der Waals surface area contributed by atoms with Crippen LogP contribution in [0.5, 0.6) is 11.5 Å². The van der Waals surface area contributed by atoms with Crippen molar-refractivity contribution >= 4 is 25.0 Å². The number of rotatable bonds is 4. The molecule has 0 heterocycles. The molecule has 3 aromatic rings. The first-order chi connectivity index (χ1) is 11.8. The summed E-state index contributed by atoms with van der Waals surface area (Å²) in [6.45, 7) is 4.00. The lowest BCUT2D eigenvalue weighted by molar-refractivity contribution is 0.540. The van der Waals surface area contributed by atoms with E-state index in [4.69, 9.17) is 8.37 Å². The fourth-order valence-electron chi connectivity index (χ4n) is 1.48. The van der Waals surface area contributed by atoms with Gasteiger partial charge in [0.25, 0.3) is 12.3 Å². The van der Waals surface area contributed by atoms with Crippen LogP contribution in [-0.4, -0.2) is 0 Å². The molecule has 0 aliphatic rings. The minimum absolute atomic E-state index is 0.776. The maximum Gasteiger partial charge on any atom is 0.293 e. The van der Waals surface area contributed by atoms with Crippen molar-refractivity contribution in [1.82, 2.24) is 0 Å². The summed E-state index contributed by atoms with van der Waals surface area (Å²) in [6.07, 6.45) is 0. The van der Waals surface area contributed by atoms with Gasteiger partial charge in [-0.15, -0.1) is 12.6 Å². The Balaban J connectivity index is 0.000000268. The van der Waals surface area contributed by atoms with Crippen LogP contribution in [0.25, 0.3) is 0 Å². The summed E-state index contributed by atoms with van der Waals surface area (Å²) in [4.78, 5) is 1.02. The molecule has 4 heteroatoms. The summed E-state index contributed by atoms with van der Waals surface area (Å²) in [5.74, 6) is 1.55. The SMILES string of the molecule is CC.Sc1ccccc1.c1ccc(OSOc2ccccc2)cc1. The zero-order valence-electron chi connectivity index (χ0n) is 13.8. The van der Waals surface area contributed by atoms with Crippen LogP contribution in [0.2, 0.25) is 0 Å². The zero-order valence-corrected chi connectivity index (χ0v) is 15.5. The Morgan fingerprint density at radius 2 is 0.917 bits per heavy atom. The van der Waals surface area contributed by atoms with Crippen LogP contribution < -0.4 is 8.37 Å². The zero-order chi connectivity index (χ0) is 17.5. The van der Waals surface area contributed by atoms with Gasteiger partial charge in [-0.3, -0.25) is 0 Å². The van der Waals surface area contributed by atoms with Crippen LogP contribution in [-0.2, 0) is 0 Å². The van der Waals surface area contributed by atoms with Gasteiger partial charge in [-0.05, 0) is 36.4 Å². The summed E-state index contributed by atoms with van der Waals surface area (Å²) in [5, 5.41) is 0. The Bertz CT molecular complexity index is 592. The van der Waals surface area contributed by atoms with Crippen LogP contribution >= 0.6 is 25.0 Å². The largest absolute Gasteiger partial charge is 0.391 e. The fourth-order valence-corrected chi connectivity index (χ4v) is 2.06.